The van der Waals surface area contributed by atoms with Gasteiger partial charge in [0.05, 0.1) is 18.2 Å². The second-order valence-electron chi connectivity index (χ2n) is 7.92. The summed E-state index contributed by atoms with van der Waals surface area (Å²) in [6.07, 6.45) is 2.74. The van der Waals surface area contributed by atoms with Crippen LogP contribution in [0.2, 0.25) is 0 Å². The first kappa shape index (κ1) is 21.5. The molecule has 0 radical (unpaired) electrons. The number of hydrogen-bond acceptors (Lipinski definition) is 9. The van der Waals surface area contributed by atoms with Gasteiger partial charge < -0.3 is 25.5 Å². The molecule has 3 heterocycles. The molecule has 0 spiro atoms. The van der Waals surface area contributed by atoms with Gasteiger partial charge in [0.15, 0.2) is 0 Å². The Hall–Kier alpha value is -4.31. The molecular weight excluding hydrogens is 434 g/mol. The lowest BCUT2D eigenvalue weighted by atomic mass is 10.0. The first-order valence-electron chi connectivity index (χ1n) is 10.9. The van der Waals surface area contributed by atoms with Gasteiger partial charge in [-0.1, -0.05) is 30.3 Å². The SMILES string of the molecule is Cc1nnc(-c2cnc(Nc3ccc4c(c3)CCC(=O)N4)nc2N[C@H](CO)c2ccccc2)o1. The summed E-state index contributed by atoms with van der Waals surface area (Å²) < 4.78 is 5.60. The fraction of sp³-hybridized carbons (Fsp3) is 0.208. The van der Waals surface area contributed by atoms with Gasteiger partial charge in [-0.15, -0.1) is 10.2 Å². The van der Waals surface area contributed by atoms with Crippen molar-refractivity contribution in [2.45, 2.75) is 25.8 Å². The third kappa shape index (κ3) is 4.57. The maximum Gasteiger partial charge on any atom is 0.253 e. The van der Waals surface area contributed by atoms with Crippen LogP contribution in [-0.2, 0) is 11.2 Å². The van der Waals surface area contributed by atoms with E-state index in [1.807, 2.05) is 48.5 Å². The number of fused-ring (bicyclic) bond motifs is 1. The van der Waals surface area contributed by atoms with E-state index in [0.717, 1.165) is 22.5 Å². The number of aliphatic hydroxyl groups is 1. The molecule has 1 amide bonds. The van der Waals surface area contributed by atoms with Crippen molar-refractivity contribution in [3.63, 3.8) is 0 Å². The largest absolute Gasteiger partial charge is 0.421 e. The molecule has 34 heavy (non-hydrogen) atoms. The van der Waals surface area contributed by atoms with Gasteiger partial charge in [-0.25, -0.2) is 4.98 Å². The fourth-order valence-electron chi connectivity index (χ4n) is 3.79. The van der Waals surface area contributed by atoms with E-state index in [2.05, 4.69) is 36.1 Å². The van der Waals surface area contributed by atoms with Crippen LogP contribution in [0.4, 0.5) is 23.1 Å². The summed E-state index contributed by atoms with van der Waals surface area (Å²) in [5.41, 5.74) is 4.09. The number of nitrogens with zero attached hydrogens (tertiary/aromatic N) is 4. The third-order valence-corrected chi connectivity index (χ3v) is 5.50. The standard InChI is InChI=1S/C24H23N7O3/c1-14-30-31-23(34-14)18-12-25-24(26-17-8-9-19-16(11-17)7-10-21(33)27-19)29-22(18)28-20(13-32)15-5-3-2-4-6-15/h2-6,8-9,11-12,20,32H,7,10,13H2,1H3,(H,27,33)(H2,25,26,28,29)/t20-/m1/s1. The lowest BCUT2D eigenvalue weighted by Crippen LogP contribution is -2.19. The number of benzene rings is 2. The highest BCUT2D eigenvalue weighted by atomic mass is 16.4. The van der Waals surface area contributed by atoms with Crippen molar-refractivity contribution in [3.05, 3.63) is 71.7 Å². The van der Waals surface area contributed by atoms with E-state index in [-0.39, 0.29) is 18.4 Å². The van der Waals surface area contributed by atoms with Crippen LogP contribution in [0.1, 0.15) is 29.5 Å². The molecule has 1 aliphatic heterocycles. The Morgan fingerprint density at radius 2 is 2.00 bits per heavy atom. The first-order valence-corrected chi connectivity index (χ1v) is 10.9. The van der Waals surface area contributed by atoms with E-state index in [1.165, 1.54) is 0 Å². The minimum atomic E-state index is -0.404. The van der Waals surface area contributed by atoms with Gasteiger partial charge in [-0.3, -0.25) is 4.79 Å². The van der Waals surface area contributed by atoms with E-state index >= 15 is 0 Å². The number of hydrogen-bond donors (Lipinski definition) is 4. The summed E-state index contributed by atoms with van der Waals surface area (Å²) in [6.45, 7) is 1.56. The number of rotatable bonds is 7. The molecule has 4 aromatic rings. The number of nitrogens with one attached hydrogen (secondary N) is 3. The molecule has 0 aliphatic carbocycles. The third-order valence-electron chi connectivity index (χ3n) is 5.50. The normalized spacial score (nSPS) is 13.6. The van der Waals surface area contributed by atoms with Crippen LogP contribution < -0.4 is 16.0 Å². The van der Waals surface area contributed by atoms with E-state index in [4.69, 9.17) is 4.42 Å². The first-order chi connectivity index (χ1) is 16.6. The number of amides is 1. The highest BCUT2D eigenvalue weighted by Crippen LogP contribution is 2.31. The molecule has 2 aromatic heterocycles. The Kier molecular flexibility index (Phi) is 5.88. The molecule has 10 heteroatoms. The summed E-state index contributed by atoms with van der Waals surface area (Å²) in [4.78, 5) is 20.7. The highest BCUT2D eigenvalue weighted by molar-refractivity contribution is 5.94. The van der Waals surface area contributed by atoms with Gasteiger partial charge in [0.1, 0.15) is 5.82 Å². The lowest BCUT2D eigenvalue weighted by Gasteiger charge is -2.20. The summed E-state index contributed by atoms with van der Waals surface area (Å²) in [6, 6.07) is 14.9. The molecule has 0 fully saturated rings. The van der Waals surface area contributed by atoms with Crippen molar-refractivity contribution in [1.82, 2.24) is 20.2 Å². The molecule has 0 saturated carbocycles. The Balaban J connectivity index is 1.47. The van der Waals surface area contributed by atoms with Crippen LogP contribution in [0.3, 0.4) is 0 Å². The molecule has 0 unspecified atom stereocenters. The van der Waals surface area contributed by atoms with Crippen LogP contribution in [0, 0.1) is 6.92 Å². The topological polar surface area (TPSA) is 138 Å². The number of aromatic nitrogens is 4. The number of carbonyl (C=O) groups excluding carboxylic acids is 1. The Morgan fingerprint density at radius 3 is 2.76 bits per heavy atom. The van der Waals surface area contributed by atoms with E-state index in [0.29, 0.717) is 36.1 Å². The summed E-state index contributed by atoms with van der Waals surface area (Å²) in [5, 5.41) is 27.4. The predicted octanol–water partition coefficient (Wildman–Crippen LogP) is 3.61. The van der Waals surface area contributed by atoms with Gasteiger partial charge in [0, 0.05) is 30.9 Å². The quantitative estimate of drug-likeness (QED) is 0.328. The predicted molar refractivity (Wildman–Crippen MR) is 127 cm³/mol. The second-order valence-corrected chi connectivity index (χ2v) is 7.92. The van der Waals surface area contributed by atoms with E-state index in [1.54, 1.807) is 13.1 Å². The molecule has 172 valence electrons. The zero-order chi connectivity index (χ0) is 23.5. The van der Waals surface area contributed by atoms with Crippen LogP contribution in [0.25, 0.3) is 11.5 Å². The van der Waals surface area contributed by atoms with Crippen LogP contribution in [0.5, 0.6) is 0 Å². The van der Waals surface area contributed by atoms with Gasteiger partial charge in [0.2, 0.25) is 17.7 Å². The molecule has 0 saturated heterocycles. The Morgan fingerprint density at radius 1 is 1.15 bits per heavy atom. The minimum absolute atomic E-state index is 0.0240. The van der Waals surface area contributed by atoms with Crippen molar-refractivity contribution in [1.29, 1.82) is 0 Å². The Bertz CT molecular complexity index is 1320. The van der Waals surface area contributed by atoms with Crippen molar-refractivity contribution >= 4 is 29.0 Å². The van der Waals surface area contributed by atoms with Gasteiger partial charge in [-0.05, 0) is 35.7 Å². The zero-order valence-corrected chi connectivity index (χ0v) is 18.4. The Labute approximate surface area is 195 Å². The van der Waals surface area contributed by atoms with Crippen LogP contribution in [0.15, 0.2) is 59.1 Å². The molecule has 10 nitrogen and oxygen atoms in total. The molecule has 1 aliphatic rings. The van der Waals surface area contributed by atoms with Gasteiger partial charge >= 0.3 is 0 Å². The molecule has 1 atom stereocenters. The molecule has 2 aromatic carbocycles. The number of anilines is 4. The van der Waals surface area contributed by atoms with Gasteiger partial charge in [0.25, 0.3) is 5.89 Å². The van der Waals surface area contributed by atoms with E-state index in [9.17, 15) is 9.90 Å². The van der Waals surface area contributed by atoms with Crippen molar-refractivity contribution < 1.29 is 14.3 Å². The smallest absolute Gasteiger partial charge is 0.253 e. The van der Waals surface area contributed by atoms with Crippen molar-refractivity contribution in [2.24, 2.45) is 0 Å². The summed E-state index contributed by atoms with van der Waals surface area (Å²) in [5.74, 6) is 1.52. The van der Waals surface area contributed by atoms with E-state index < -0.39 is 6.04 Å². The monoisotopic (exact) mass is 457 g/mol. The molecule has 0 bridgehead atoms. The maximum atomic E-state index is 11.6. The lowest BCUT2D eigenvalue weighted by molar-refractivity contribution is -0.116. The molecule has 4 N–H and O–H groups in total. The van der Waals surface area contributed by atoms with Gasteiger partial charge in [-0.2, -0.15) is 4.98 Å². The van der Waals surface area contributed by atoms with Crippen molar-refractivity contribution in [2.75, 3.05) is 22.6 Å². The zero-order valence-electron chi connectivity index (χ0n) is 18.4. The summed E-state index contributed by atoms with van der Waals surface area (Å²) >= 11 is 0. The average molecular weight is 457 g/mol. The average Bonchev–Trinajstić information content (AvgIpc) is 3.29. The number of carbonyl (C=O) groups is 1. The summed E-state index contributed by atoms with van der Waals surface area (Å²) in [7, 11) is 0. The van der Waals surface area contributed by atoms with Crippen LogP contribution in [-0.4, -0.2) is 37.8 Å². The maximum absolute atomic E-state index is 11.6. The molecule has 5 rings (SSSR count). The highest BCUT2D eigenvalue weighted by Gasteiger charge is 2.20. The molecular formula is C24H23N7O3. The fourth-order valence-corrected chi connectivity index (χ4v) is 3.79. The van der Waals surface area contributed by atoms with Crippen LogP contribution >= 0.6 is 0 Å². The van der Waals surface area contributed by atoms with Crippen molar-refractivity contribution in [3.8, 4) is 11.5 Å². The number of aryl methyl sites for hydroxylation is 2. The second kappa shape index (κ2) is 9.28. The minimum Gasteiger partial charge on any atom is -0.421 e. The number of aliphatic hydroxyl groups excluding tert-OH is 1.